The molecular weight excluding hydrogens is 410 g/mol. The van der Waals surface area contributed by atoms with Crippen molar-refractivity contribution in [2.45, 2.75) is 17.0 Å². The molecule has 0 bridgehead atoms. The van der Waals surface area contributed by atoms with Gasteiger partial charge in [0.2, 0.25) is 5.16 Å². The molecule has 0 aliphatic carbocycles. The van der Waals surface area contributed by atoms with E-state index in [4.69, 9.17) is 0 Å². The van der Waals surface area contributed by atoms with Crippen molar-refractivity contribution in [3.63, 3.8) is 0 Å². The molecule has 3 aromatic rings. The standard InChI is InChI=1S/C15H10BrN5O3S/c1-9(22)10-2-7-14(13(8-10)21(23)24)25-15-17-18-19-20(15)12-5-3-11(16)4-6-12/h2-8H,1H3. The van der Waals surface area contributed by atoms with Gasteiger partial charge in [-0.2, -0.15) is 4.68 Å². The minimum atomic E-state index is -0.525. The van der Waals surface area contributed by atoms with Crippen LogP contribution in [0.5, 0.6) is 0 Å². The largest absolute Gasteiger partial charge is 0.295 e. The zero-order chi connectivity index (χ0) is 18.0. The second-order valence-corrected chi connectivity index (χ2v) is 6.87. The van der Waals surface area contributed by atoms with E-state index >= 15 is 0 Å². The molecule has 10 heteroatoms. The Kier molecular flexibility index (Phi) is 4.91. The van der Waals surface area contributed by atoms with Crippen LogP contribution in [0.4, 0.5) is 5.69 Å². The van der Waals surface area contributed by atoms with Gasteiger partial charge in [0.25, 0.3) is 5.69 Å². The molecule has 0 atom stereocenters. The summed E-state index contributed by atoms with van der Waals surface area (Å²) in [6.07, 6.45) is 0. The Morgan fingerprint density at radius 1 is 1.24 bits per heavy atom. The van der Waals surface area contributed by atoms with E-state index in [1.54, 1.807) is 6.07 Å². The van der Waals surface area contributed by atoms with Crippen LogP contribution in [0.25, 0.3) is 5.69 Å². The number of nitro groups is 1. The predicted molar refractivity (Wildman–Crippen MR) is 94.1 cm³/mol. The van der Waals surface area contributed by atoms with Crippen LogP contribution >= 0.6 is 27.7 Å². The van der Waals surface area contributed by atoms with Gasteiger partial charge in [-0.3, -0.25) is 14.9 Å². The normalized spacial score (nSPS) is 10.6. The molecule has 0 amide bonds. The number of ketones is 1. The number of rotatable bonds is 5. The van der Waals surface area contributed by atoms with Crippen LogP contribution in [0.3, 0.4) is 0 Å². The van der Waals surface area contributed by atoms with Gasteiger partial charge in [-0.15, -0.1) is 5.10 Å². The van der Waals surface area contributed by atoms with Gasteiger partial charge in [0.15, 0.2) is 5.78 Å². The predicted octanol–water partition coefficient (Wildman–Crippen LogP) is 3.69. The van der Waals surface area contributed by atoms with E-state index in [2.05, 4.69) is 31.5 Å². The van der Waals surface area contributed by atoms with Crippen molar-refractivity contribution in [3.05, 3.63) is 62.6 Å². The monoisotopic (exact) mass is 419 g/mol. The number of hydrogen-bond donors (Lipinski definition) is 0. The molecule has 0 radical (unpaired) electrons. The van der Waals surface area contributed by atoms with E-state index in [1.165, 1.54) is 23.7 Å². The molecule has 0 saturated heterocycles. The topological polar surface area (TPSA) is 104 Å². The van der Waals surface area contributed by atoms with Gasteiger partial charge in [-0.25, -0.2) is 0 Å². The van der Waals surface area contributed by atoms with E-state index in [1.807, 2.05) is 24.3 Å². The number of nitrogens with zero attached hydrogens (tertiary/aromatic N) is 5. The number of aromatic nitrogens is 4. The summed E-state index contributed by atoms with van der Waals surface area (Å²) in [5.74, 6) is -0.237. The number of carbonyl (C=O) groups excluding carboxylic acids is 1. The summed E-state index contributed by atoms with van der Waals surface area (Å²) in [7, 11) is 0. The van der Waals surface area contributed by atoms with Gasteiger partial charge in [-0.05, 0) is 65.5 Å². The van der Waals surface area contributed by atoms with Crippen molar-refractivity contribution < 1.29 is 9.72 Å². The molecular formula is C15H10BrN5O3S. The molecule has 0 aliphatic heterocycles. The zero-order valence-electron chi connectivity index (χ0n) is 12.8. The molecule has 8 nitrogen and oxygen atoms in total. The van der Waals surface area contributed by atoms with Crippen molar-refractivity contribution in [1.82, 2.24) is 20.2 Å². The van der Waals surface area contributed by atoms with E-state index < -0.39 is 4.92 Å². The summed E-state index contributed by atoms with van der Waals surface area (Å²) < 4.78 is 2.40. The third kappa shape index (κ3) is 3.74. The fraction of sp³-hybridized carbons (Fsp3) is 0.0667. The van der Waals surface area contributed by atoms with Crippen LogP contribution < -0.4 is 0 Å². The summed E-state index contributed by atoms with van der Waals surface area (Å²) >= 11 is 4.41. The maximum Gasteiger partial charge on any atom is 0.284 e. The minimum absolute atomic E-state index is 0.164. The molecule has 0 aliphatic rings. The Morgan fingerprint density at radius 3 is 2.60 bits per heavy atom. The lowest BCUT2D eigenvalue weighted by atomic mass is 10.1. The SMILES string of the molecule is CC(=O)c1ccc(Sc2nnnn2-c2ccc(Br)cc2)c([N+](=O)[O-])c1. The fourth-order valence-corrected chi connectivity index (χ4v) is 3.19. The molecule has 0 unspecified atom stereocenters. The fourth-order valence-electron chi connectivity index (χ4n) is 2.05. The van der Waals surface area contributed by atoms with Gasteiger partial charge < -0.3 is 0 Å². The Balaban J connectivity index is 1.99. The summed E-state index contributed by atoms with van der Waals surface area (Å²) in [4.78, 5) is 22.6. The average Bonchev–Trinajstić information content (AvgIpc) is 3.03. The zero-order valence-corrected chi connectivity index (χ0v) is 15.2. The minimum Gasteiger partial charge on any atom is -0.295 e. The molecule has 3 rings (SSSR count). The van der Waals surface area contributed by atoms with Crippen LogP contribution in [-0.4, -0.2) is 30.9 Å². The Bertz CT molecular complexity index is 958. The average molecular weight is 420 g/mol. The molecule has 0 spiro atoms. The van der Waals surface area contributed by atoms with Crippen LogP contribution in [0, 0.1) is 10.1 Å². The summed E-state index contributed by atoms with van der Waals surface area (Å²) in [5, 5.41) is 23.2. The van der Waals surface area contributed by atoms with Gasteiger partial charge in [0.05, 0.1) is 15.5 Å². The number of hydrogen-bond acceptors (Lipinski definition) is 7. The Hall–Kier alpha value is -2.59. The smallest absolute Gasteiger partial charge is 0.284 e. The van der Waals surface area contributed by atoms with Crippen molar-refractivity contribution >= 4 is 39.2 Å². The molecule has 126 valence electrons. The lowest BCUT2D eigenvalue weighted by molar-refractivity contribution is -0.387. The van der Waals surface area contributed by atoms with Crippen LogP contribution in [0.1, 0.15) is 17.3 Å². The Morgan fingerprint density at radius 2 is 1.96 bits per heavy atom. The molecule has 0 saturated carbocycles. The first-order chi connectivity index (χ1) is 12.0. The first-order valence-corrected chi connectivity index (χ1v) is 8.58. The third-order valence-electron chi connectivity index (χ3n) is 3.28. The van der Waals surface area contributed by atoms with Crippen LogP contribution in [0.15, 0.2) is 57.0 Å². The maximum atomic E-state index is 11.4. The lowest BCUT2D eigenvalue weighted by Crippen LogP contribution is -2.00. The highest BCUT2D eigenvalue weighted by Crippen LogP contribution is 2.35. The quantitative estimate of drug-likeness (QED) is 0.352. The summed E-state index contributed by atoms with van der Waals surface area (Å²) in [5.41, 5.74) is 0.838. The summed E-state index contributed by atoms with van der Waals surface area (Å²) in [6.45, 7) is 1.36. The highest BCUT2D eigenvalue weighted by molar-refractivity contribution is 9.10. The molecule has 2 aromatic carbocycles. The van der Waals surface area contributed by atoms with E-state index in [9.17, 15) is 14.9 Å². The van der Waals surface area contributed by atoms with Gasteiger partial charge in [0, 0.05) is 16.1 Å². The Labute approximate surface area is 154 Å². The first kappa shape index (κ1) is 17.2. The highest BCUT2D eigenvalue weighted by Gasteiger charge is 2.20. The number of tetrazole rings is 1. The molecule has 1 aromatic heterocycles. The molecule has 0 N–H and O–H groups in total. The first-order valence-electron chi connectivity index (χ1n) is 6.97. The van der Waals surface area contributed by atoms with E-state index in [-0.39, 0.29) is 17.0 Å². The van der Waals surface area contributed by atoms with E-state index in [0.717, 1.165) is 21.9 Å². The number of nitro benzene ring substituents is 1. The van der Waals surface area contributed by atoms with Crippen LogP contribution in [-0.2, 0) is 0 Å². The van der Waals surface area contributed by atoms with Gasteiger partial charge in [-0.1, -0.05) is 15.9 Å². The third-order valence-corrected chi connectivity index (χ3v) is 4.81. The molecule has 1 heterocycles. The second-order valence-electron chi connectivity index (χ2n) is 4.95. The van der Waals surface area contributed by atoms with Gasteiger partial charge in [0.1, 0.15) is 0 Å². The van der Waals surface area contributed by atoms with Crippen LogP contribution in [0.2, 0.25) is 0 Å². The molecule has 0 fully saturated rings. The maximum absolute atomic E-state index is 11.4. The van der Waals surface area contributed by atoms with Gasteiger partial charge >= 0.3 is 0 Å². The lowest BCUT2D eigenvalue weighted by Gasteiger charge is -2.06. The number of benzene rings is 2. The number of carbonyl (C=O) groups is 1. The number of Topliss-reactive ketones (excluding diaryl/α,β-unsaturated/α-hetero) is 1. The number of halogens is 1. The second kappa shape index (κ2) is 7.11. The van der Waals surface area contributed by atoms with Crippen molar-refractivity contribution in [2.75, 3.05) is 0 Å². The highest BCUT2D eigenvalue weighted by atomic mass is 79.9. The molecule has 25 heavy (non-hydrogen) atoms. The van der Waals surface area contributed by atoms with Crippen molar-refractivity contribution in [2.24, 2.45) is 0 Å². The van der Waals surface area contributed by atoms with Crippen molar-refractivity contribution in [1.29, 1.82) is 0 Å². The van der Waals surface area contributed by atoms with E-state index in [0.29, 0.717) is 10.1 Å². The summed E-state index contributed by atoms with van der Waals surface area (Å²) in [6, 6.07) is 11.7. The van der Waals surface area contributed by atoms with Crippen molar-refractivity contribution in [3.8, 4) is 5.69 Å².